The second kappa shape index (κ2) is 9.12. The molecule has 146 valence electrons. The lowest BCUT2D eigenvalue weighted by molar-refractivity contribution is -0.115. The number of thioether (sulfide) groups is 1. The Morgan fingerprint density at radius 3 is 2.71 bits per heavy atom. The van der Waals surface area contributed by atoms with Crippen molar-refractivity contribution in [2.75, 3.05) is 5.32 Å². The number of aryl methyl sites for hydroxylation is 2. The van der Waals surface area contributed by atoms with Gasteiger partial charge in [-0.3, -0.25) is 4.79 Å². The summed E-state index contributed by atoms with van der Waals surface area (Å²) < 4.78 is 11.1. The molecule has 0 radical (unpaired) electrons. The number of carbonyl (C=O) groups is 1. The first-order chi connectivity index (χ1) is 13.4. The van der Waals surface area contributed by atoms with E-state index in [2.05, 4.69) is 15.5 Å². The van der Waals surface area contributed by atoms with E-state index in [1.54, 1.807) is 31.2 Å². The molecule has 2 aromatic carbocycles. The number of anilines is 1. The average molecular weight is 418 g/mol. The van der Waals surface area contributed by atoms with Crippen LogP contribution in [0.2, 0.25) is 5.02 Å². The van der Waals surface area contributed by atoms with Crippen LogP contribution < -0.4 is 10.1 Å². The Kier molecular flexibility index (Phi) is 6.59. The number of amides is 1. The predicted molar refractivity (Wildman–Crippen MR) is 110 cm³/mol. The number of hydrogen-bond donors (Lipinski definition) is 1. The molecular formula is C20H20ClN3O3S. The van der Waals surface area contributed by atoms with Crippen LogP contribution in [0.1, 0.15) is 23.9 Å². The third-order valence-corrected chi connectivity index (χ3v) is 5.11. The molecule has 0 saturated heterocycles. The van der Waals surface area contributed by atoms with Gasteiger partial charge in [-0.25, -0.2) is 0 Å². The molecule has 0 aliphatic rings. The lowest BCUT2D eigenvalue weighted by Gasteiger charge is -2.12. The molecule has 1 aromatic heterocycles. The summed E-state index contributed by atoms with van der Waals surface area (Å²) in [6.45, 7) is 5.87. The van der Waals surface area contributed by atoms with Crippen LogP contribution in [-0.4, -0.2) is 21.4 Å². The maximum atomic E-state index is 12.5. The lowest BCUT2D eigenvalue weighted by atomic mass is 10.1. The standard InChI is InChI=1S/C20H20ClN3O3S/c1-12-4-5-13(2)17(10-12)22-19(25)14(3)28-20-24-23-18(27-20)11-26-16-8-6-15(21)7-9-16/h4-10,14H,11H2,1-3H3,(H,22,25)/t14-/m0/s1. The topological polar surface area (TPSA) is 77.2 Å². The van der Waals surface area contributed by atoms with Crippen LogP contribution in [0.15, 0.2) is 52.1 Å². The zero-order valence-electron chi connectivity index (χ0n) is 15.7. The van der Waals surface area contributed by atoms with Crippen molar-refractivity contribution in [1.29, 1.82) is 0 Å². The van der Waals surface area contributed by atoms with E-state index in [4.69, 9.17) is 20.8 Å². The van der Waals surface area contributed by atoms with Crippen LogP contribution >= 0.6 is 23.4 Å². The van der Waals surface area contributed by atoms with Gasteiger partial charge in [0.15, 0.2) is 6.61 Å². The first-order valence-electron chi connectivity index (χ1n) is 8.66. The number of hydrogen-bond acceptors (Lipinski definition) is 6. The second-order valence-electron chi connectivity index (χ2n) is 6.27. The minimum atomic E-state index is -0.398. The smallest absolute Gasteiger partial charge is 0.277 e. The lowest BCUT2D eigenvalue weighted by Crippen LogP contribution is -2.22. The van der Waals surface area contributed by atoms with Crippen LogP contribution in [0, 0.1) is 13.8 Å². The van der Waals surface area contributed by atoms with Gasteiger partial charge in [-0.2, -0.15) is 0 Å². The van der Waals surface area contributed by atoms with Crippen molar-refractivity contribution >= 4 is 35.0 Å². The molecule has 1 heterocycles. The number of carbonyl (C=O) groups excluding carboxylic acids is 1. The van der Waals surface area contributed by atoms with Crippen molar-refractivity contribution in [3.05, 3.63) is 64.5 Å². The maximum Gasteiger partial charge on any atom is 0.277 e. The summed E-state index contributed by atoms with van der Waals surface area (Å²) >= 11 is 7.04. The van der Waals surface area contributed by atoms with Gasteiger partial charge in [0.2, 0.25) is 5.91 Å². The molecule has 0 saturated carbocycles. The summed E-state index contributed by atoms with van der Waals surface area (Å²) in [4.78, 5) is 12.5. The first-order valence-corrected chi connectivity index (χ1v) is 9.92. The van der Waals surface area contributed by atoms with E-state index < -0.39 is 5.25 Å². The molecule has 1 amide bonds. The van der Waals surface area contributed by atoms with Crippen molar-refractivity contribution in [3.63, 3.8) is 0 Å². The number of nitrogens with zero attached hydrogens (tertiary/aromatic N) is 2. The molecule has 1 N–H and O–H groups in total. The maximum absolute atomic E-state index is 12.5. The van der Waals surface area contributed by atoms with E-state index in [0.29, 0.717) is 21.9 Å². The van der Waals surface area contributed by atoms with E-state index in [-0.39, 0.29) is 12.5 Å². The van der Waals surface area contributed by atoms with E-state index in [1.165, 1.54) is 11.8 Å². The predicted octanol–water partition coefficient (Wildman–Crippen LogP) is 5.04. The van der Waals surface area contributed by atoms with Crippen LogP contribution in [0.5, 0.6) is 5.75 Å². The Labute approximate surface area is 172 Å². The van der Waals surface area contributed by atoms with Crippen molar-refractivity contribution < 1.29 is 13.9 Å². The Morgan fingerprint density at radius 1 is 1.21 bits per heavy atom. The van der Waals surface area contributed by atoms with Gasteiger partial charge in [0.25, 0.3) is 11.1 Å². The Bertz CT molecular complexity index is 960. The molecule has 1 atom stereocenters. The summed E-state index contributed by atoms with van der Waals surface area (Å²) in [6, 6.07) is 12.9. The van der Waals surface area contributed by atoms with Gasteiger partial charge in [0, 0.05) is 10.7 Å². The Hall–Kier alpha value is -2.51. The van der Waals surface area contributed by atoms with Crippen molar-refractivity contribution in [2.24, 2.45) is 0 Å². The average Bonchev–Trinajstić information content (AvgIpc) is 3.11. The zero-order chi connectivity index (χ0) is 20.1. The third kappa shape index (κ3) is 5.50. The van der Waals surface area contributed by atoms with Gasteiger partial charge in [-0.05, 0) is 62.2 Å². The van der Waals surface area contributed by atoms with E-state index in [0.717, 1.165) is 16.8 Å². The highest BCUT2D eigenvalue weighted by molar-refractivity contribution is 8.00. The van der Waals surface area contributed by atoms with Crippen LogP contribution in [0.25, 0.3) is 0 Å². The molecule has 8 heteroatoms. The molecule has 0 aliphatic carbocycles. The number of aromatic nitrogens is 2. The quantitative estimate of drug-likeness (QED) is 0.543. The minimum absolute atomic E-state index is 0.129. The van der Waals surface area contributed by atoms with Crippen LogP contribution in [0.4, 0.5) is 5.69 Å². The molecule has 0 fully saturated rings. The number of rotatable bonds is 7. The van der Waals surface area contributed by atoms with Crippen molar-refractivity contribution in [1.82, 2.24) is 10.2 Å². The van der Waals surface area contributed by atoms with Gasteiger partial charge in [0.1, 0.15) is 5.75 Å². The summed E-state index contributed by atoms with van der Waals surface area (Å²) in [5.74, 6) is 0.855. The summed E-state index contributed by atoms with van der Waals surface area (Å²) in [6.07, 6.45) is 0. The van der Waals surface area contributed by atoms with E-state index in [1.807, 2.05) is 32.0 Å². The van der Waals surface area contributed by atoms with Crippen LogP contribution in [-0.2, 0) is 11.4 Å². The third-order valence-electron chi connectivity index (χ3n) is 3.92. The molecule has 3 aromatic rings. The largest absolute Gasteiger partial charge is 0.484 e. The van der Waals surface area contributed by atoms with Gasteiger partial charge in [-0.15, -0.1) is 10.2 Å². The molecular weight excluding hydrogens is 398 g/mol. The van der Waals surface area contributed by atoms with Crippen molar-refractivity contribution in [3.8, 4) is 5.75 Å². The summed E-state index contributed by atoms with van der Waals surface area (Å²) in [5.41, 5.74) is 2.90. The van der Waals surface area contributed by atoms with Crippen LogP contribution in [0.3, 0.4) is 0 Å². The highest BCUT2D eigenvalue weighted by atomic mass is 35.5. The number of ether oxygens (including phenoxy) is 1. The zero-order valence-corrected chi connectivity index (χ0v) is 17.3. The second-order valence-corrected chi connectivity index (χ2v) is 8.00. The first kappa shape index (κ1) is 20.2. The normalized spacial score (nSPS) is 11.9. The van der Waals surface area contributed by atoms with Gasteiger partial charge >= 0.3 is 0 Å². The molecule has 28 heavy (non-hydrogen) atoms. The van der Waals surface area contributed by atoms with E-state index >= 15 is 0 Å². The van der Waals surface area contributed by atoms with Gasteiger partial charge in [0.05, 0.1) is 5.25 Å². The minimum Gasteiger partial charge on any atom is -0.484 e. The highest BCUT2D eigenvalue weighted by Crippen LogP contribution is 2.25. The Morgan fingerprint density at radius 2 is 1.96 bits per heavy atom. The van der Waals surface area contributed by atoms with E-state index in [9.17, 15) is 4.79 Å². The SMILES string of the molecule is Cc1ccc(C)c(NC(=O)[C@H](C)Sc2nnc(COc3ccc(Cl)cc3)o2)c1. The molecule has 0 spiro atoms. The molecule has 0 bridgehead atoms. The summed E-state index contributed by atoms with van der Waals surface area (Å²) in [7, 11) is 0. The fourth-order valence-corrected chi connectivity index (χ4v) is 3.16. The molecule has 0 aliphatic heterocycles. The Balaban J connectivity index is 1.54. The highest BCUT2D eigenvalue weighted by Gasteiger charge is 2.19. The number of nitrogens with one attached hydrogen (secondary N) is 1. The number of halogens is 1. The molecule has 3 rings (SSSR count). The van der Waals surface area contributed by atoms with Crippen molar-refractivity contribution in [2.45, 2.75) is 37.9 Å². The van der Waals surface area contributed by atoms with Gasteiger partial charge < -0.3 is 14.5 Å². The molecule has 0 unspecified atom stereocenters. The number of benzene rings is 2. The fourth-order valence-electron chi connectivity index (χ4n) is 2.33. The monoisotopic (exact) mass is 417 g/mol. The summed E-state index contributed by atoms with van der Waals surface area (Å²) in [5, 5.41) is 11.4. The van der Waals surface area contributed by atoms with Gasteiger partial charge in [-0.1, -0.05) is 35.5 Å². The fraction of sp³-hybridized carbons (Fsp3) is 0.250. The molecule has 6 nitrogen and oxygen atoms in total.